The number of carbonyl (C=O) groups excluding carboxylic acids is 1. The third-order valence-electron chi connectivity index (χ3n) is 5.05. The average Bonchev–Trinajstić information content (AvgIpc) is 3.41. The first kappa shape index (κ1) is 16.5. The van der Waals surface area contributed by atoms with Crippen molar-refractivity contribution in [2.75, 3.05) is 13.1 Å². The number of hydrogen-bond donors (Lipinski definition) is 0. The van der Waals surface area contributed by atoms with E-state index in [1.165, 1.54) is 0 Å². The van der Waals surface area contributed by atoms with E-state index in [2.05, 4.69) is 25.3 Å². The molecule has 28 heavy (non-hydrogen) atoms. The van der Waals surface area contributed by atoms with Gasteiger partial charge in [0, 0.05) is 49.6 Å². The van der Waals surface area contributed by atoms with Crippen molar-refractivity contribution in [3.8, 4) is 11.3 Å². The largest absolute Gasteiger partial charge is 0.337 e. The zero-order valence-electron chi connectivity index (χ0n) is 15.1. The van der Waals surface area contributed by atoms with Crippen LogP contribution in [0.3, 0.4) is 0 Å². The summed E-state index contributed by atoms with van der Waals surface area (Å²) in [6.45, 7) is 1.32. The van der Waals surface area contributed by atoms with Crippen molar-refractivity contribution in [2.45, 2.75) is 18.9 Å². The van der Waals surface area contributed by atoms with Crippen LogP contribution in [0.2, 0.25) is 0 Å². The van der Waals surface area contributed by atoms with E-state index >= 15 is 0 Å². The topological polar surface area (TPSA) is 94.1 Å². The first-order valence-electron chi connectivity index (χ1n) is 9.19. The molecule has 5 rings (SSSR count). The van der Waals surface area contributed by atoms with E-state index in [0.717, 1.165) is 24.1 Å². The third-order valence-corrected chi connectivity index (χ3v) is 5.05. The first-order valence-corrected chi connectivity index (χ1v) is 9.19. The van der Waals surface area contributed by atoms with Crippen molar-refractivity contribution >= 4 is 11.7 Å². The fourth-order valence-corrected chi connectivity index (χ4v) is 3.53. The maximum atomic E-state index is 12.8. The standard InChI is InChI=1S/C19H18N8O/c28-18(17-12-26-8-2-7-21-19(26)22-17)25-9-4-15(5-10-25)27-13-16(23-24-27)14-3-1-6-20-11-14/h1-3,6-8,11-13,15H,4-5,9-10H2. The van der Waals surface area contributed by atoms with Crippen molar-refractivity contribution in [3.63, 3.8) is 0 Å². The van der Waals surface area contributed by atoms with Crippen LogP contribution in [0.25, 0.3) is 17.0 Å². The van der Waals surface area contributed by atoms with Gasteiger partial charge in [0.15, 0.2) is 0 Å². The number of nitrogens with zero attached hydrogens (tertiary/aromatic N) is 8. The van der Waals surface area contributed by atoms with Gasteiger partial charge in [0.25, 0.3) is 5.91 Å². The smallest absolute Gasteiger partial charge is 0.274 e. The Morgan fingerprint density at radius 3 is 2.79 bits per heavy atom. The summed E-state index contributed by atoms with van der Waals surface area (Å²) in [6.07, 6.45) is 12.4. The van der Waals surface area contributed by atoms with Crippen LogP contribution in [-0.4, -0.2) is 58.2 Å². The van der Waals surface area contributed by atoms with Gasteiger partial charge in [-0.05, 0) is 31.0 Å². The molecule has 4 aromatic rings. The van der Waals surface area contributed by atoms with Crippen LogP contribution in [0.4, 0.5) is 0 Å². The van der Waals surface area contributed by atoms with Gasteiger partial charge in [-0.1, -0.05) is 5.21 Å². The second-order valence-corrected chi connectivity index (χ2v) is 6.80. The number of piperidine rings is 1. The van der Waals surface area contributed by atoms with Crippen LogP contribution in [0, 0.1) is 0 Å². The maximum Gasteiger partial charge on any atom is 0.274 e. The summed E-state index contributed by atoms with van der Waals surface area (Å²) in [6, 6.07) is 5.89. The number of pyridine rings is 1. The van der Waals surface area contributed by atoms with Crippen LogP contribution >= 0.6 is 0 Å². The molecule has 0 saturated carbocycles. The molecular formula is C19H18N8O. The van der Waals surface area contributed by atoms with E-state index in [-0.39, 0.29) is 11.9 Å². The van der Waals surface area contributed by atoms with Crippen molar-refractivity contribution in [1.29, 1.82) is 0 Å². The molecule has 4 aromatic heterocycles. The fraction of sp³-hybridized carbons (Fsp3) is 0.263. The Kier molecular flexibility index (Phi) is 4.04. The molecule has 0 spiro atoms. The highest BCUT2D eigenvalue weighted by molar-refractivity contribution is 5.92. The van der Waals surface area contributed by atoms with E-state index < -0.39 is 0 Å². The molecule has 0 radical (unpaired) electrons. The molecule has 1 amide bonds. The normalized spacial score (nSPS) is 15.2. The molecular weight excluding hydrogens is 356 g/mol. The second kappa shape index (κ2) is 6.84. The molecule has 0 aromatic carbocycles. The van der Waals surface area contributed by atoms with Crippen LogP contribution in [0.1, 0.15) is 29.4 Å². The van der Waals surface area contributed by atoms with Gasteiger partial charge in [0.2, 0.25) is 5.78 Å². The first-order chi connectivity index (χ1) is 13.8. The summed E-state index contributed by atoms with van der Waals surface area (Å²) in [5.74, 6) is 0.477. The van der Waals surface area contributed by atoms with Crippen LogP contribution in [-0.2, 0) is 0 Å². The van der Waals surface area contributed by atoms with Gasteiger partial charge < -0.3 is 4.90 Å². The highest BCUT2D eigenvalue weighted by Crippen LogP contribution is 2.24. The van der Waals surface area contributed by atoms with E-state index in [1.54, 1.807) is 29.2 Å². The third kappa shape index (κ3) is 3.00. The van der Waals surface area contributed by atoms with E-state index in [4.69, 9.17) is 0 Å². The van der Waals surface area contributed by atoms with Crippen molar-refractivity contribution in [1.82, 2.24) is 39.2 Å². The molecule has 9 heteroatoms. The molecule has 1 aliphatic rings. The number of fused-ring (bicyclic) bond motifs is 1. The lowest BCUT2D eigenvalue weighted by Crippen LogP contribution is -2.39. The van der Waals surface area contributed by atoms with Gasteiger partial charge in [-0.3, -0.25) is 14.2 Å². The van der Waals surface area contributed by atoms with Crippen LogP contribution < -0.4 is 0 Å². The molecule has 5 heterocycles. The monoisotopic (exact) mass is 374 g/mol. The SMILES string of the molecule is O=C(c1cn2cccnc2n1)N1CCC(n2cc(-c3cccnc3)nn2)CC1. The highest BCUT2D eigenvalue weighted by Gasteiger charge is 2.27. The summed E-state index contributed by atoms with van der Waals surface area (Å²) in [4.78, 5) is 27.2. The van der Waals surface area contributed by atoms with Gasteiger partial charge in [0.1, 0.15) is 11.4 Å². The van der Waals surface area contributed by atoms with E-state index in [0.29, 0.717) is 24.6 Å². The number of hydrogen-bond acceptors (Lipinski definition) is 6. The highest BCUT2D eigenvalue weighted by atomic mass is 16.2. The van der Waals surface area contributed by atoms with Crippen molar-refractivity contribution < 1.29 is 4.79 Å². The minimum absolute atomic E-state index is 0.0569. The molecule has 1 fully saturated rings. The predicted octanol–water partition coefficient (Wildman–Crippen LogP) is 1.86. The summed E-state index contributed by atoms with van der Waals surface area (Å²) >= 11 is 0. The molecule has 1 saturated heterocycles. The van der Waals surface area contributed by atoms with Gasteiger partial charge in [-0.2, -0.15) is 0 Å². The van der Waals surface area contributed by atoms with Gasteiger partial charge >= 0.3 is 0 Å². The Morgan fingerprint density at radius 2 is 2.00 bits per heavy atom. The van der Waals surface area contributed by atoms with Crippen LogP contribution in [0.5, 0.6) is 0 Å². The van der Waals surface area contributed by atoms with Gasteiger partial charge in [-0.15, -0.1) is 5.10 Å². The Balaban J connectivity index is 1.26. The molecule has 0 unspecified atom stereocenters. The quantitative estimate of drug-likeness (QED) is 0.543. The summed E-state index contributed by atoms with van der Waals surface area (Å²) in [7, 11) is 0. The van der Waals surface area contributed by atoms with Crippen LogP contribution in [0.15, 0.2) is 55.4 Å². The average molecular weight is 374 g/mol. The second-order valence-electron chi connectivity index (χ2n) is 6.80. The minimum Gasteiger partial charge on any atom is -0.337 e. The maximum absolute atomic E-state index is 12.8. The molecule has 9 nitrogen and oxygen atoms in total. The van der Waals surface area contributed by atoms with E-state index in [9.17, 15) is 4.79 Å². The van der Waals surface area contributed by atoms with Gasteiger partial charge in [-0.25, -0.2) is 14.6 Å². The summed E-state index contributed by atoms with van der Waals surface area (Å²) in [5.41, 5.74) is 2.18. The number of rotatable bonds is 3. The Bertz CT molecular complexity index is 1080. The van der Waals surface area contributed by atoms with E-state index in [1.807, 2.05) is 40.2 Å². The lowest BCUT2D eigenvalue weighted by molar-refractivity contribution is 0.0684. The molecule has 0 atom stereocenters. The molecule has 140 valence electrons. The lowest BCUT2D eigenvalue weighted by Gasteiger charge is -2.31. The lowest BCUT2D eigenvalue weighted by atomic mass is 10.0. The predicted molar refractivity (Wildman–Crippen MR) is 100 cm³/mol. The zero-order valence-corrected chi connectivity index (χ0v) is 15.1. The summed E-state index contributed by atoms with van der Waals surface area (Å²) < 4.78 is 3.66. The van der Waals surface area contributed by atoms with Crippen molar-refractivity contribution in [2.24, 2.45) is 0 Å². The Morgan fingerprint density at radius 1 is 1.11 bits per heavy atom. The number of carbonyl (C=O) groups is 1. The molecule has 0 bridgehead atoms. The Hall–Kier alpha value is -3.62. The molecule has 0 aliphatic carbocycles. The number of imidazole rings is 1. The minimum atomic E-state index is -0.0569. The number of amides is 1. The van der Waals surface area contributed by atoms with Gasteiger partial charge in [0.05, 0.1) is 12.2 Å². The summed E-state index contributed by atoms with van der Waals surface area (Å²) in [5, 5.41) is 8.54. The molecule has 0 N–H and O–H groups in total. The number of likely N-dealkylation sites (tertiary alicyclic amines) is 1. The fourth-order valence-electron chi connectivity index (χ4n) is 3.53. The van der Waals surface area contributed by atoms with Crippen molar-refractivity contribution in [3.05, 3.63) is 61.1 Å². The Labute approximate surface area is 160 Å². The zero-order chi connectivity index (χ0) is 18.9. The molecule has 1 aliphatic heterocycles. The number of aromatic nitrogens is 7.